The Morgan fingerprint density at radius 3 is 2.75 bits per heavy atom. The van der Waals surface area contributed by atoms with Crippen LogP contribution in [0.2, 0.25) is 0 Å². The van der Waals surface area contributed by atoms with Crippen molar-refractivity contribution < 1.29 is 17.7 Å². The highest BCUT2D eigenvalue weighted by Crippen LogP contribution is 2.27. The first kappa shape index (κ1) is 21.4. The van der Waals surface area contributed by atoms with Crippen LogP contribution in [0.5, 0.6) is 0 Å². The zero-order chi connectivity index (χ0) is 20.1. The van der Waals surface area contributed by atoms with E-state index in [0.717, 1.165) is 11.5 Å². The molecule has 1 amide bonds. The predicted octanol–water partition coefficient (Wildman–Crippen LogP) is 2.80. The summed E-state index contributed by atoms with van der Waals surface area (Å²) >= 11 is 3.48. The summed E-state index contributed by atoms with van der Waals surface area (Å²) in [5, 5.41) is 10.9. The minimum absolute atomic E-state index is 0.0190. The molecular weight excluding hydrogens is 418 g/mol. The number of thiophene rings is 1. The average molecular weight is 444 g/mol. The van der Waals surface area contributed by atoms with Gasteiger partial charge < -0.3 is 9.84 Å². The number of hydrogen-bond acceptors (Lipinski definition) is 7. The Balaban J connectivity index is 1.42. The number of hydrogen-bond donors (Lipinski definition) is 1. The fourth-order valence-electron chi connectivity index (χ4n) is 3.29. The molecule has 154 valence electrons. The third kappa shape index (κ3) is 4.97. The third-order valence-electron chi connectivity index (χ3n) is 4.78. The lowest BCUT2D eigenvalue weighted by Gasteiger charge is -2.30. The van der Waals surface area contributed by atoms with E-state index in [1.807, 2.05) is 0 Å². The van der Waals surface area contributed by atoms with Gasteiger partial charge in [-0.3, -0.25) is 4.79 Å². The molecule has 1 aliphatic heterocycles. The molecule has 0 radical (unpaired) electrons. The van der Waals surface area contributed by atoms with Crippen LogP contribution >= 0.6 is 23.1 Å². The highest BCUT2D eigenvalue weighted by molar-refractivity contribution is 7.98. The first-order chi connectivity index (χ1) is 13.4. The van der Waals surface area contributed by atoms with Crippen molar-refractivity contribution in [3.05, 3.63) is 33.8 Å². The molecule has 2 aromatic rings. The van der Waals surface area contributed by atoms with Crippen LogP contribution in [-0.2, 0) is 20.6 Å². The lowest BCUT2D eigenvalue weighted by Crippen LogP contribution is -2.43. The number of rotatable bonds is 8. The maximum Gasteiger partial charge on any atom is 0.248 e. The number of amides is 1. The molecule has 3 heterocycles. The zero-order valence-corrected chi connectivity index (χ0v) is 18.5. The number of piperidine rings is 1. The van der Waals surface area contributed by atoms with Gasteiger partial charge >= 0.3 is 0 Å². The van der Waals surface area contributed by atoms with Crippen LogP contribution < -0.4 is 5.32 Å². The van der Waals surface area contributed by atoms with Gasteiger partial charge in [0.15, 0.2) is 5.76 Å². The Hall–Kier alpha value is -1.36. The van der Waals surface area contributed by atoms with Gasteiger partial charge in [0.1, 0.15) is 10.6 Å². The summed E-state index contributed by atoms with van der Waals surface area (Å²) in [6, 6.07) is 2.11. The average Bonchev–Trinajstić information content (AvgIpc) is 3.31. The van der Waals surface area contributed by atoms with Crippen molar-refractivity contribution in [2.24, 2.45) is 5.92 Å². The van der Waals surface area contributed by atoms with E-state index < -0.39 is 10.0 Å². The standard InChI is InChI=1S/C18H25N3O4S3/c1-13-17(14(2)25-20-13)28(23,24)21-7-3-16(4-8-21)18(22)19-6-10-27-12-15-5-9-26-11-15/h5,9,11,16H,3-4,6-8,10,12H2,1-2H3,(H,19,22). The highest BCUT2D eigenvalue weighted by atomic mass is 32.2. The lowest BCUT2D eigenvalue weighted by atomic mass is 9.97. The molecule has 0 bridgehead atoms. The molecule has 0 aliphatic carbocycles. The first-order valence-electron chi connectivity index (χ1n) is 9.19. The number of aryl methyl sites for hydroxylation is 2. The van der Waals surface area contributed by atoms with Gasteiger partial charge in [-0.15, -0.1) is 0 Å². The molecule has 2 aromatic heterocycles. The molecule has 0 atom stereocenters. The maximum absolute atomic E-state index is 12.8. The van der Waals surface area contributed by atoms with Gasteiger partial charge in [0.05, 0.1) is 0 Å². The van der Waals surface area contributed by atoms with Crippen LogP contribution in [0.3, 0.4) is 0 Å². The SMILES string of the molecule is Cc1noc(C)c1S(=O)(=O)N1CCC(C(=O)NCCSCc2ccsc2)CC1. The number of nitrogens with one attached hydrogen (secondary N) is 1. The lowest BCUT2D eigenvalue weighted by molar-refractivity contribution is -0.125. The summed E-state index contributed by atoms with van der Waals surface area (Å²) < 4.78 is 32.1. The Morgan fingerprint density at radius 2 is 2.14 bits per heavy atom. The highest BCUT2D eigenvalue weighted by Gasteiger charge is 2.35. The Morgan fingerprint density at radius 1 is 1.39 bits per heavy atom. The van der Waals surface area contributed by atoms with Crippen LogP contribution in [0.1, 0.15) is 29.9 Å². The van der Waals surface area contributed by atoms with Crippen molar-refractivity contribution in [3.8, 4) is 0 Å². The van der Waals surface area contributed by atoms with E-state index >= 15 is 0 Å². The van der Waals surface area contributed by atoms with Crippen molar-refractivity contribution in [2.45, 2.75) is 37.3 Å². The molecule has 0 spiro atoms. The van der Waals surface area contributed by atoms with Crippen molar-refractivity contribution >= 4 is 39.0 Å². The summed E-state index contributed by atoms with van der Waals surface area (Å²) in [4.78, 5) is 12.5. The molecule has 28 heavy (non-hydrogen) atoms. The predicted molar refractivity (Wildman–Crippen MR) is 111 cm³/mol. The van der Waals surface area contributed by atoms with Gasteiger partial charge in [-0.2, -0.15) is 27.4 Å². The van der Waals surface area contributed by atoms with E-state index in [9.17, 15) is 13.2 Å². The zero-order valence-electron chi connectivity index (χ0n) is 16.0. The molecular formula is C18H25N3O4S3. The van der Waals surface area contributed by atoms with Crippen molar-refractivity contribution in [1.82, 2.24) is 14.8 Å². The summed E-state index contributed by atoms with van der Waals surface area (Å²) in [5.74, 6) is 2.00. The number of aromatic nitrogens is 1. The fourth-order valence-corrected chi connectivity index (χ4v) is 6.63. The number of nitrogens with zero attached hydrogens (tertiary/aromatic N) is 2. The topological polar surface area (TPSA) is 92.5 Å². The summed E-state index contributed by atoms with van der Waals surface area (Å²) in [7, 11) is -3.63. The molecule has 7 nitrogen and oxygen atoms in total. The Labute approximate surface area is 173 Å². The molecule has 1 fully saturated rings. The summed E-state index contributed by atoms with van der Waals surface area (Å²) in [5.41, 5.74) is 1.69. The molecule has 3 rings (SSSR count). The van der Waals surface area contributed by atoms with Crippen molar-refractivity contribution in [1.29, 1.82) is 0 Å². The van der Waals surface area contributed by atoms with E-state index in [-0.39, 0.29) is 16.7 Å². The molecule has 10 heteroatoms. The van der Waals surface area contributed by atoms with Gasteiger partial charge in [0.2, 0.25) is 15.9 Å². The van der Waals surface area contributed by atoms with Gasteiger partial charge in [0.25, 0.3) is 0 Å². The van der Waals surface area contributed by atoms with Crippen LogP contribution in [-0.4, -0.2) is 49.2 Å². The monoisotopic (exact) mass is 443 g/mol. The minimum Gasteiger partial charge on any atom is -0.360 e. The summed E-state index contributed by atoms with van der Waals surface area (Å²) in [6.07, 6.45) is 1.05. The minimum atomic E-state index is -3.63. The van der Waals surface area contributed by atoms with E-state index in [2.05, 4.69) is 27.3 Å². The van der Waals surface area contributed by atoms with Gasteiger partial charge in [-0.05, 0) is 49.1 Å². The quantitative estimate of drug-likeness (QED) is 0.631. The molecule has 0 aromatic carbocycles. The second-order valence-electron chi connectivity index (χ2n) is 6.81. The molecule has 1 saturated heterocycles. The van der Waals surface area contributed by atoms with Crippen LogP contribution in [0.25, 0.3) is 0 Å². The normalized spacial score (nSPS) is 16.4. The number of sulfonamides is 1. The fraction of sp³-hybridized carbons (Fsp3) is 0.556. The van der Waals surface area contributed by atoms with E-state index in [1.165, 1.54) is 9.87 Å². The number of carbonyl (C=O) groups is 1. The Bertz CT molecular complexity index is 866. The Kier molecular flexibility index (Phi) is 7.19. The first-order valence-corrected chi connectivity index (χ1v) is 12.7. The molecule has 0 unspecified atom stereocenters. The van der Waals surface area contributed by atoms with Gasteiger partial charge in [0, 0.05) is 37.1 Å². The molecule has 0 saturated carbocycles. The van der Waals surface area contributed by atoms with Crippen molar-refractivity contribution in [2.75, 3.05) is 25.4 Å². The number of carbonyl (C=O) groups excluding carboxylic acids is 1. The molecule has 1 N–H and O–H groups in total. The van der Waals surface area contributed by atoms with Crippen LogP contribution in [0.4, 0.5) is 0 Å². The van der Waals surface area contributed by atoms with E-state index in [0.29, 0.717) is 43.9 Å². The third-order valence-corrected chi connectivity index (χ3v) is 8.69. The van der Waals surface area contributed by atoms with E-state index in [4.69, 9.17) is 4.52 Å². The second-order valence-corrected chi connectivity index (χ2v) is 10.6. The van der Waals surface area contributed by atoms with Gasteiger partial charge in [-0.1, -0.05) is 5.16 Å². The number of thioether (sulfide) groups is 1. The van der Waals surface area contributed by atoms with Crippen LogP contribution in [0, 0.1) is 19.8 Å². The van der Waals surface area contributed by atoms with Gasteiger partial charge in [-0.25, -0.2) is 8.42 Å². The second kappa shape index (κ2) is 9.43. The van der Waals surface area contributed by atoms with Crippen LogP contribution in [0.15, 0.2) is 26.2 Å². The smallest absolute Gasteiger partial charge is 0.248 e. The van der Waals surface area contributed by atoms with Crippen molar-refractivity contribution in [3.63, 3.8) is 0 Å². The summed E-state index contributed by atoms with van der Waals surface area (Å²) in [6.45, 7) is 4.52. The largest absolute Gasteiger partial charge is 0.360 e. The van der Waals surface area contributed by atoms with E-state index in [1.54, 1.807) is 36.9 Å². The maximum atomic E-state index is 12.8. The molecule has 1 aliphatic rings.